The van der Waals surface area contributed by atoms with Gasteiger partial charge >= 0.3 is 55.6 Å². The van der Waals surface area contributed by atoms with Crippen LogP contribution in [0.25, 0.3) is 0 Å². The average Bonchev–Trinajstić information content (AvgIpc) is 2.49. The van der Waals surface area contributed by atoms with E-state index in [1.54, 1.807) is 0 Å². The molecule has 0 heterocycles. The Morgan fingerprint density at radius 3 is 1.77 bits per heavy atom. The predicted molar refractivity (Wildman–Crippen MR) is 95.0 cm³/mol. The molecule has 146 valence electrons. The van der Waals surface area contributed by atoms with E-state index in [1.165, 1.54) is 13.8 Å². The van der Waals surface area contributed by atoms with Crippen LogP contribution in [0.1, 0.15) is 23.1 Å². The van der Waals surface area contributed by atoms with Crippen molar-refractivity contribution in [2.45, 2.75) is 20.3 Å². The number of rotatable bonds is 11. The third-order valence-electron chi connectivity index (χ3n) is 2.65. The van der Waals surface area contributed by atoms with E-state index < -0.39 is 52.9 Å². The van der Waals surface area contributed by atoms with Crippen LogP contribution in [-0.4, -0.2) is 94.2 Å². The summed E-state index contributed by atoms with van der Waals surface area (Å²) >= 11 is 0. The van der Waals surface area contributed by atoms with E-state index in [-0.39, 0.29) is 64.8 Å². The number of carbonyl (C=O) groups excluding carboxylic acids is 3. The van der Waals surface area contributed by atoms with Gasteiger partial charge in [0.2, 0.25) is 0 Å². The summed E-state index contributed by atoms with van der Waals surface area (Å²) in [7, 11) is -4.15. The van der Waals surface area contributed by atoms with Gasteiger partial charge in [0.25, 0.3) is 10.1 Å². The molecule has 0 aromatic heterocycles. The molecule has 0 rings (SSSR count). The van der Waals surface area contributed by atoms with E-state index >= 15 is 0 Å². The summed E-state index contributed by atoms with van der Waals surface area (Å²) in [5, 5.41) is 0. The number of hydrogen-bond acceptors (Lipinski definition) is 8. The molecule has 0 radical (unpaired) electrons. The molecule has 0 spiro atoms. The van der Waals surface area contributed by atoms with Crippen molar-refractivity contribution in [3.8, 4) is 0 Å². The summed E-state index contributed by atoms with van der Waals surface area (Å²) in [4.78, 5) is 34.8. The zero-order valence-corrected chi connectivity index (χ0v) is 17.9. The Morgan fingerprint density at radius 1 is 1.00 bits per heavy atom. The van der Waals surface area contributed by atoms with E-state index in [2.05, 4.69) is 13.2 Å². The monoisotopic (exact) mass is 420 g/mol. The molecule has 26 heavy (non-hydrogen) atoms. The summed E-state index contributed by atoms with van der Waals surface area (Å²) in [6.07, 6.45) is -0.117. The Balaban J connectivity index is -0.000000960. The van der Waals surface area contributed by atoms with Crippen LogP contribution >= 0.6 is 0 Å². The van der Waals surface area contributed by atoms with Gasteiger partial charge in [-0.3, -0.25) is 9.35 Å². The van der Waals surface area contributed by atoms with Crippen molar-refractivity contribution in [2.75, 3.05) is 25.6 Å². The SMILES string of the molecule is C=C(C)C(=O)OCC(COC(=O)C(=C)C)C(=O)OCCCS(=O)(=O)O.[Ca+2].[H-].[H-]. The summed E-state index contributed by atoms with van der Waals surface area (Å²) < 4.78 is 44.3. The van der Waals surface area contributed by atoms with E-state index in [0.29, 0.717) is 0 Å². The van der Waals surface area contributed by atoms with Crippen LogP contribution in [-0.2, 0) is 38.7 Å². The molecule has 0 amide bonds. The van der Waals surface area contributed by atoms with Crippen LogP contribution in [0.15, 0.2) is 24.3 Å². The topological polar surface area (TPSA) is 133 Å². The minimum absolute atomic E-state index is 0. The Kier molecular flexibility index (Phi) is 13.9. The number of hydrogen-bond donors (Lipinski definition) is 1. The molecule has 0 aromatic rings. The van der Waals surface area contributed by atoms with E-state index in [1.807, 2.05) is 0 Å². The molecule has 0 aliphatic rings. The predicted octanol–water partition coefficient (Wildman–Crippen LogP) is 0.507. The van der Waals surface area contributed by atoms with Crippen LogP contribution in [0.4, 0.5) is 0 Å². The molecule has 0 saturated heterocycles. The Morgan fingerprint density at radius 2 is 1.42 bits per heavy atom. The summed E-state index contributed by atoms with van der Waals surface area (Å²) in [5.41, 5.74) is 0.249. The second-order valence-electron chi connectivity index (χ2n) is 5.26. The summed E-state index contributed by atoms with van der Waals surface area (Å²) in [6, 6.07) is 0. The fourth-order valence-corrected chi connectivity index (χ4v) is 1.80. The molecular formula is C15H24CaO9S. The molecule has 0 aromatic carbocycles. The fraction of sp³-hybridized carbons (Fsp3) is 0.533. The molecule has 11 heteroatoms. The molecule has 0 fully saturated rings. The standard InChI is InChI=1S/C15H22O9S.Ca.2H/c1-10(2)13(16)23-8-12(9-24-14(17)11(3)4)15(18)22-6-5-7-25(19,20)21;;;/h12H,1,3,5-9H2,2,4H3,(H,19,20,21);;;/q;+2;2*-1. The first-order valence-electron chi connectivity index (χ1n) is 7.21. The van der Waals surface area contributed by atoms with Gasteiger partial charge in [-0.1, -0.05) is 13.2 Å². The summed E-state index contributed by atoms with van der Waals surface area (Å²) in [6.45, 7) is 8.53. The van der Waals surface area contributed by atoms with Crippen LogP contribution in [0, 0.1) is 5.92 Å². The first kappa shape index (κ1) is 27.3. The van der Waals surface area contributed by atoms with Crippen molar-refractivity contribution >= 4 is 65.8 Å². The van der Waals surface area contributed by atoms with E-state index in [9.17, 15) is 22.8 Å². The maximum Gasteiger partial charge on any atom is 2.00 e. The van der Waals surface area contributed by atoms with Crippen LogP contribution in [0.2, 0.25) is 0 Å². The maximum atomic E-state index is 12.0. The molecule has 0 bridgehead atoms. The van der Waals surface area contributed by atoms with Gasteiger partial charge in [-0.15, -0.1) is 0 Å². The first-order valence-corrected chi connectivity index (χ1v) is 8.82. The number of ether oxygens (including phenoxy) is 3. The Hall–Kier alpha value is -0.940. The van der Waals surface area contributed by atoms with Gasteiger partial charge in [0, 0.05) is 11.1 Å². The van der Waals surface area contributed by atoms with Crippen molar-refractivity contribution < 1.29 is 44.4 Å². The molecule has 9 nitrogen and oxygen atoms in total. The van der Waals surface area contributed by atoms with Gasteiger partial charge in [0.1, 0.15) is 19.1 Å². The molecule has 1 N–H and O–H groups in total. The smallest absolute Gasteiger partial charge is 1.00 e. The van der Waals surface area contributed by atoms with Crippen molar-refractivity contribution in [1.29, 1.82) is 0 Å². The van der Waals surface area contributed by atoms with E-state index in [0.717, 1.165) is 0 Å². The minimum Gasteiger partial charge on any atom is -1.00 e. The minimum atomic E-state index is -4.15. The van der Waals surface area contributed by atoms with Gasteiger partial charge in [-0.2, -0.15) is 8.42 Å². The Labute approximate surface area is 185 Å². The van der Waals surface area contributed by atoms with Gasteiger partial charge < -0.3 is 17.1 Å². The zero-order valence-electron chi connectivity index (χ0n) is 16.9. The van der Waals surface area contributed by atoms with Crippen molar-refractivity contribution in [3.05, 3.63) is 24.3 Å². The van der Waals surface area contributed by atoms with Gasteiger partial charge in [-0.25, -0.2) is 9.59 Å². The fourth-order valence-electron chi connectivity index (χ4n) is 1.32. The molecular weight excluding hydrogens is 396 g/mol. The molecule has 0 aliphatic heterocycles. The van der Waals surface area contributed by atoms with Gasteiger partial charge in [0.15, 0.2) is 0 Å². The van der Waals surface area contributed by atoms with E-state index in [4.69, 9.17) is 18.8 Å². The number of esters is 3. The van der Waals surface area contributed by atoms with Gasteiger partial charge in [0.05, 0.1) is 12.4 Å². The Bertz CT molecular complexity index is 620. The van der Waals surface area contributed by atoms with Crippen LogP contribution < -0.4 is 0 Å². The quantitative estimate of drug-likeness (QED) is 0.127. The average molecular weight is 420 g/mol. The van der Waals surface area contributed by atoms with Crippen LogP contribution in [0.3, 0.4) is 0 Å². The van der Waals surface area contributed by atoms with Crippen molar-refractivity contribution in [3.63, 3.8) is 0 Å². The molecule has 0 atom stereocenters. The second-order valence-corrected chi connectivity index (χ2v) is 6.83. The van der Waals surface area contributed by atoms with Crippen molar-refractivity contribution in [2.24, 2.45) is 5.92 Å². The molecule has 0 unspecified atom stereocenters. The van der Waals surface area contributed by atoms with Crippen LogP contribution in [0.5, 0.6) is 0 Å². The second kappa shape index (κ2) is 13.3. The maximum absolute atomic E-state index is 12.0. The molecule has 0 saturated carbocycles. The normalized spacial score (nSPS) is 10.5. The number of carbonyl (C=O) groups is 3. The van der Waals surface area contributed by atoms with Crippen molar-refractivity contribution in [1.82, 2.24) is 0 Å². The molecule has 0 aliphatic carbocycles. The largest absolute Gasteiger partial charge is 2.00 e. The third kappa shape index (κ3) is 13.3. The first-order chi connectivity index (χ1) is 11.4. The zero-order chi connectivity index (χ0) is 19.6. The summed E-state index contributed by atoms with van der Waals surface area (Å²) in [5.74, 6) is -3.97. The van der Waals surface area contributed by atoms with Gasteiger partial charge in [-0.05, 0) is 20.3 Å². The third-order valence-corrected chi connectivity index (χ3v) is 3.46.